The summed E-state index contributed by atoms with van der Waals surface area (Å²) in [5.41, 5.74) is 2.89. The second-order valence-electron chi connectivity index (χ2n) is 4.12. The van der Waals surface area contributed by atoms with E-state index in [9.17, 15) is 9.18 Å². The largest absolute Gasteiger partial charge is 0.300 e. The average Bonchev–Trinajstić information content (AvgIpc) is 3.10. The van der Waals surface area contributed by atoms with Crippen LogP contribution >= 0.6 is 22.7 Å². The van der Waals surface area contributed by atoms with E-state index in [0.717, 1.165) is 0 Å². The van der Waals surface area contributed by atoms with E-state index in [1.807, 2.05) is 0 Å². The molecule has 1 N–H and O–H groups in total. The summed E-state index contributed by atoms with van der Waals surface area (Å²) < 4.78 is 13.2. The van der Waals surface area contributed by atoms with Gasteiger partial charge in [0.2, 0.25) is 11.0 Å². The predicted octanol–water partition coefficient (Wildman–Crippen LogP) is 2.98. The molecular formula is C13H9FN4OS2. The van der Waals surface area contributed by atoms with Gasteiger partial charge >= 0.3 is 0 Å². The van der Waals surface area contributed by atoms with Crippen molar-refractivity contribution in [1.29, 1.82) is 0 Å². The first-order valence-electron chi connectivity index (χ1n) is 5.97. The Hall–Kier alpha value is -2.19. The number of hydrogen-bond acceptors (Lipinski definition) is 6. The number of thiazole rings is 1. The molecule has 0 fully saturated rings. The van der Waals surface area contributed by atoms with E-state index in [-0.39, 0.29) is 18.1 Å². The van der Waals surface area contributed by atoms with Gasteiger partial charge < -0.3 is 5.32 Å². The van der Waals surface area contributed by atoms with Gasteiger partial charge in [0.05, 0.1) is 12.1 Å². The molecule has 5 nitrogen and oxygen atoms in total. The van der Waals surface area contributed by atoms with Gasteiger partial charge in [-0.15, -0.1) is 21.5 Å². The predicted molar refractivity (Wildman–Crippen MR) is 79.8 cm³/mol. The minimum atomic E-state index is -0.307. The quantitative estimate of drug-likeness (QED) is 0.802. The molecule has 0 aliphatic carbocycles. The summed E-state index contributed by atoms with van der Waals surface area (Å²) in [6.45, 7) is 0. The van der Waals surface area contributed by atoms with Crippen LogP contribution in [0.3, 0.4) is 0 Å². The first-order chi connectivity index (χ1) is 10.2. The number of nitrogens with zero attached hydrogens (tertiary/aromatic N) is 3. The van der Waals surface area contributed by atoms with Crippen LogP contribution in [0, 0.1) is 5.82 Å². The van der Waals surface area contributed by atoms with Gasteiger partial charge in [0.15, 0.2) is 0 Å². The molecule has 2 heterocycles. The zero-order chi connectivity index (χ0) is 14.7. The molecular weight excluding hydrogens is 311 g/mol. The third-order valence-electron chi connectivity index (χ3n) is 2.57. The number of benzene rings is 1. The lowest BCUT2D eigenvalue weighted by Gasteiger charge is -1.98. The van der Waals surface area contributed by atoms with E-state index < -0.39 is 0 Å². The van der Waals surface area contributed by atoms with Crippen molar-refractivity contribution in [2.45, 2.75) is 6.42 Å². The molecule has 0 unspecified atom stereocenters. The molecule has 1 amide bonds. The minimum Gasteiger partial charge on any atom is -0.300 e. The van der Waals surface area contributed by atoms with Gasteiger partial charge in [-0.05, 0) is 12.1 Å². The molecule has 0 saturated carbocycles. The molecule has 0 bridgehead atoms. The number of halogens is 1. The zero-order valence-corrected chi connectivity index (χ0v) is 12.2. The molecule has 0 spiro atoms. The molecule has 1 aromatic carbocycles. The number of amides is 1. The van der Waals surface area contributed by atoms with Crippen molar-refractivity contribution >= 4 is 33.7 Å². The van der Waals surface area contributed by atoms with Gasteiger partial charge in [-0.25, -0.2) is 9.37 Å². The summed E-state index contributed by atoms with van der Waals surface area (Å²) in [7, 11) is 0. The van der Waals surface area contributed by atoms with Crippen LogP contribution in [0.2, 0.25) is 0 Å². The first kappa shape index (κ1) is 13.8. The Kier molecular flexibility index (Phi) is 3.98. The normalized spacial score (nSPS) is 10.5. The van der Waals surface area contributed by atoms with Crippen LogP contribution in [0.4, 0.5) is 9.52 Å². The lowest BCUT2D eigenvalue weighted by molar-refractivity contribution is -0.115. The average molecular weight is 320 g/mol. The highest BCUT2D eigenvalue weighted by Gasteiger charge is 2.10. The molecule has 0 radical (unpaired) electrons. The molecule has 8 heteroatoms. The standard InChI is InChI=1S/C13H9FN4OS2/c14-9-3-1-2-8(4-9)12-16-10(6-20-12)5-11(19)17-13-18-15-7-21-13/h1-4,6-7H,5H2,(H,17,18,19). The van der Waals surface area contributed by atoms with Gasteiger partial charge in [-0.1, -0.05) is 23.5 Å². The Labute approximate surface area is 127 Å². The smallest absolute Gasteiger partial charge is 0.232 e. The lowest BCUT2D eigenvalue weighted by Crippen LogP contribution is -2.14. The highest BCUT2D eigenvalue weighted by Crippen LogP contribution is 2.24. The Morgan fingerprint density at radius 3 is 3.00 bits per heavy atom. The number of aromatic nitrogens is 3. The number of carbonyl (C=O) groups excluding carboxylic acids is 1. The van der Waals surface area contributed by atoms with E-state index in [4.69, 9.17) is 0 Å². The van der Waals surface area contributed by atoms with Crippen molar-refractivity contribution < 1.29 is 9.18 Å². The summed E-state index contributed by atoms with van der Waals surface area (Å²) >= 11 is 2.63. The van der Waals surface area contributed by atoms with Crippen LogP contribution < -0.4 is 5.32 Å². The number of carbonyl (C=O) groups is 1. The highest BCUT2D eigenvalue weighted by molar-refractivity contribution is 7.13. The molecule has 0 saturated heterocycles. The van der Waals surface area contributed by atoms with Gasteiger partial charge in [0.1, 0.15) is 16.3 Å². The second-order valence-corrected chi connectivity index (χ2v) is 5.81. The van der Waals surface area contributed by atoms with Crippen LogP contribution in [-0.4, -0.2) is 21.1 Å². The van der Waals surface area contributed by atoms with Gasteiger partial charge in [-0.3, -0.25) is 4.79 Å². The van der Waals surface area contributed by atoms with Crippen molar-refractivity contribution in [2.75, 3.05) is 5.32 Å². The second kappa shape index (κ2) is 6.06. The van der Waals surface area contributed by atoms with Crippen molar-refractivity contribution in [1.82, 2.24) is 15.2 Å². The number of anilines is 1. The SMILES string of the molecule is O=C(Cc1csc(-c2cccc(F)c2)n1)Nc1nncs1. The number of nitrogens with one attached hydrogen (secondary N) is 1. The maximum absolute atomic E-state index is 13.2. The van der Waals surface area contributed by atoms with Gasteiger partial charge in [0.25, 0.3) is 0 Å². The Bertz CT molecular complexity index is 757. The highest BCUT2D eigenvalue weighted by atomic mass is 32.1. The molecule has 3 rings (SSSR count). The van der Waals surface area contributed by atoms with E-state index in [2.05, 4.69) is 20.5 Å². The van der Waals surface area contributed by atoms with Crippen molar-refractivity contribution in [3.63, 3.8) is 0 Å². The summed E-state index contributed by atoms with van der Waals surface area (Å²) in [5, 5.41) is 13.0. The summed E-state index contributed by atoms with van der Waals surface area (Å²) in [5.74, 6) is -0.513. The van der Waals surface area contributed by atoms with E-state index in [1.54, 1.807) is 23.0 Å². The third kappa shape index (κ3) is 3.47. The molecule has 0 atom stereocenters. The Balaban J connectivity index is 1.69. The van der Waals surface area contributed by atoms with Gasteiger partial charge in [-0.2, -0.15) is 0 Å². The van der Waals surface area contributed by atoms with Crippen LogP contribution in [0.1, 0.15) is 5.69 Å². The van der Waals surface area contributed by atoms with Crippen molar-refractivity contribution in [3.05, 3.63) is 46.7 Å². The fourth-order valence-corrected chi connectivity index (χ4v) is 2.98. The van der Waals surface area contributed by atoms with E-state index in [0.29, 0.717) is 21.4 Å². The Morgan fingerprint density at radius 1 is 1.33 bits per heavy atom. The van der Waals surface area contributed by atoms with Crippen LogP contribution in [-0.2, 0) is 11.2 Å². The third-order valence-corrected chi connectivity index (χ3v) is 4.12. The number of hydrogen-bond donors (Lipinski definition) is 1. The Morgan fingerprint density at radius 2 is 2.24 bits per heavy atom. The summed E-state index contributed by atoms with van der Waals surface area (Å²) in [6, 6.07) is 6.22. The molecule has 0 aliphatic heterocycles. The van der Waals surface area contributed by atoms with Crippen molar-refractivity contribution in [3.8, 4) is 10.6 Å². The number of rotatable bonds is 4. The molecule has 2 aromatic heterocycles. The monoisotopic (exact) mass is 320 g/mol. The van der Waals surface area contributed by atoms with E-state index in [1.165, 1.54) is 34.8 Å². The lowest BCUT2D eigenvalue weighted by atomic mass is 10.2. The summed E-state index contributed by atoms with van der Waals surface area (Å²) in [6.07, 6.45) is 0.144. The zero-order valence-electron chi connectivity index (χ0n) is 10.6. The fourth-order valence-electron chi connectivity index (χ4n) is 1.70. The first-order valence-corrected chi connectivity index (χ1v) is 7.73. The molecule has 3 aromatic rings. The van der Waals surface area contributed by atoms with Crippen LogP contribution in [0.25, 0.3) is 10.6 Å². The molecule has 106 valence electrons. The minimum absolute atomic E-state index is 0.144. The summed E-state index contributed by atoms with van der Waals surface area (Å²) in [4.78, 5) is 16.2. The topological polar surface area (TPSA) is 67.8 Å². The fraction of sp³-hybridized carbons (Fsp3) is 0.0769. The van der Waals surface area contributed by atoms with Crippen molar-refractivity contribution in [2.24, 2.45) is 0 Å². The maximum Gasteiger partial charge on any atom is 0.232 e. The van der Waals surface area contributed by atoms with Crippen LogP contribution in [0.5, 0.6) is 0 Å². The van der Waals surface area contributed by atoms with Gasteiger partial charge in [0, 0.05) is 10.9 Å². The van der Waals surface area contributed by atoms with Crippen LogP contribution in [0.15, 0.2) is 35.2 Å². The van der Waals surface area contributed by atoms with E-state index >= 15 is 0 Å². The molecule has 21 heavy (non-hydrogen) atoms. The maximum atomic E-state index is 13.2. The molecule has 0 aliphatic rings.